The zero-order valence-electron chi connectivity index (χ0n) is 43.6. The highest BCUT2D eigenvalue weighted by molar-refractivity contribution is 7.32. The molecule has 0 bridgehead atoms. The lowest BCUT2D eigenvalue weighted by Crippen LogP contribution is -2.18. The first-order chi connectivity index (χ1) is 36.4. The molecular formula is C64H62N2O6S3. The van der Waals surface area contributed by atoms with Crippen LogP contribution in [0.5, 0.6) is 23.0 Å². The average molecular weight is 1050 g/mol. The summed E-state index contributed by atoms with van der Waals surface area (Å²) >= 11 is 4.75. The largest absolute Gasteiger partial charge is 0.494 e. The Morgan fingerprint density at radius 1 is 0.613 bits per heavy atom. The van der Waals surface area contributed by atoms with Gasteiger partial charge in [0.15, 0.2) is 11.5 Å². The van der Waals surface area contributed by atoms with Gasteiger partial charge in [-0.3, -0.25) is 0 Å². The van der Waals surface area contributed by atoms with Gasteiger partial charge in [-0.15, -0.1) is 34.0 Å². The zero-order chi connectivity index (χ0) is 52.0. The van der Waals surface area contributed by atoms with Crippen LogP contribution >= 0.6 is 34.0 Å². The number of benzene rings is 5. The number of carboxylic acids is 1. The molecule has 1 aliphatic heterocycles. The summed E-state index contributed by atoms with van der Waals surface area (Å²) < 4.78 is 27.5. The minimum atomic E-state index is -1.23. The van der Waals surface area contributed by atoms with Crippen molar-refractivity contribution in [3.63, 3.8) is 0 Å². The molecule has 0 saturated heterocycles. The summed E-state index contributed by atoms with van der Waals surface area (Å²) in [6.07, 6.45) is 10.8. The van der Waals surface area contributed by atoms with E-state index in [1.54, 1.807) is 28.7 Å². The van der Waals surface area contributed by atoms with E-state index in [0.29, 0.717) is 13.2 Å². The van der Waals surface area contributed by atoms with Crippen molar-refractivity contribution >= 4 is 72.5 Å². The summed E-state index contributed by atoms with van der Waals surface area (Å²) in [7, 11) is 0. The molecule has 75 heavy (non-hydrogen) atoms. The van der Waals surface area contributed by atoms with Crippen LogP contribution in [0.3, 0.4) is 0 Å². The number of thiophene rings is 3. The van der Waals surface area contributed by atoms with E-state index < -0.39 is 5.97 Å². The van der Waals surface area contributed by atoms with Crippen LogP contribution < -0.4 is 23.8 Å². The van der Waals surface area contributed by atoms with E-state index in [1.807, 2.05) is 6.07 Å². The second kappa shape index (κ2) is 20.7. The van der Waals surface area contributed by atoms with Gasteiger partial charge in [0, 0.05) is 42.2 Å². The SMILES string of the molecule is CCCCCCOc1ccc2c(c1)C(C)(C)c1cc(N(c3ccc(-c4sc(-c5cc6sc(/C=C(\C#N)C(=O)O)cc6s5)c5c4OCCO5)cc3)c3ccc4c(c3)C(C)(C)c3cc(OCCCCCC)ccc3-4)ccc1-2. The van der Waals surface area contributed by atoms with Gasteiger partial charge in [0.1, 0.15) is 36.4 Å². The van der Waals surface area contributed by atoms with Crippen LogP contribution in [0.15, 0.2) is 115 Å². The van der Waals surface area contributed by atoms with Crippen molar-refractivity contribution in [3.05, 3.63) is 142 Å². The van der Waals surface area contributed by atoms with Gasteiger partial charge >= 0.3 is 5.97 Å². The summed E-state index contributed by atoms with van der Waals surface area (Å²) in [6, 6.07) is 42.0. The third kappa shape index (κ3) is 9.40. The molecule has 0 amide bonds. The summed E-state index contributed by atoms with van der Waals surface area (Å²) in [5.41, 5.74) is 13.6. The summed E-state index contributed by atoms with van der Waals surface area (Å²) in [5.74, 6) is 2.14. The Kier molecular flexibility index (Phi) is 13.9. The fourth-order valence-electron chi connectivity index (χ4n) is 11.1. The molecule has 0 saturated carbocycles. The summed E-state index contributed by atoms with van der Waals surface area (Å²) in [6.45, 7) is 16.2. The maximum absolute atomic E-state index is 11.5. The van der Waals surface area contributed by atoms with Crippen molar-refractivity contribution in [2.24, 2.45) is 0 Å². The molecule has 3 aromatic heterocycles. The third-order valence-corrected chi connectivity index (χ3v) is 18.8. The maximum atomic E-state index is 11.5. The molecule has 0 spiro atoms. The molecule has 11 heteroatoms. The van der Waals surface area contributed by atoms with Gasteiger partial charge in [0.25, 0.3) is 0 Å². The number of anilines is 3. The van der Waals surface area contributed by atoms with Crippen LogP contribution in [0.25, 0.3) is 57.9 Å². The van der Waals surface area contributed by atoms with Crippen LogP contribution in [-0.4, -0.2) is 37.5 Å². The van der Waals surface area contributed by atoms with Crippen molar-refractivity contribution in [3.8, 4) is 71.5 Å². The smallest absolute Gasteiger partial charge is 0.346 e. The first-order valence-corrected chi connectivity index (χ1v) is 28.9. The van der Waals surface area contributed by atoms with Gasteiger partial charge in [-0.05, 0) is 142 Å². The number of fused-ring (bicyclic) bond motifs is 8. The van der Waals surface area contributed by atoms with Crippen LogP contribution in [0.2, 0.25) is 0 Å². The molecule has 0 fully saturated rings. The number of ether oxygens (including phenoxy) is 4. The molecule has 2 aliphatic carbocycles. The average Bonchev–Trinajstić information content (AvgIpc) is 4.22. The molecule has 3 aliphatic rings. The fourth-order valence-corrected chi connectivity index (χ4v) is 14.8. The highest BCUT2D eigenvalue weighted by atomic mass is 32.1. The number of nitrogens with zero attached hydrogens (tertiary/aromatic N) is 2. The molecule has 0 unspecified atom stereocenters. The summed E-state index contributed by atoms with van der Waals surface area (Å²) in [5, 5.41) is 18.8. The second-order valence-electron chi connectivity index (χ2n) is 20.9. The van der Waals surface area contributed by atoms with Crippen LogP contribution in [0.4, 0.5) is 17.1 Å². The lowest BCUT2D eigenvalue weighted by molar-refractivity contribution is -0.132. The van der Waals surface area contributed by atoms with E-state index in [9.17, 15) is 15.2 Å². The van der Waals surface area contributed by atoms with E-state index in [-0.39, 0.29) is 16.4 Å². The predicted molar refractivity (Wildman–Crippen MR) is 310 cm³/mol. The molecule has 5 aromatic carbocycles. The van der Waals surface area contributed by atoms with Crippen molar-refractivity contribution in [1.82, 2.24) is 0 Å². The standard InChI is InChI=1S/C64H62N2O6S3/c1-7-9-11-13-27-69-44-21-25-49-47-23-19-42(32-51(47)63(3,4)53(49)34-44)66(43-20-24-48-50-26-22-45(70-28-14-12-10-8-2)35-54(50)64(5,6)52(48)33-43)41-17-15-39(16-18-41)60-58-59(72-30-29-71-58)61(75-60)57-37-56-55(74-57)36-46(73-56)31-40(38-65)62(67)68/h15-26,31-37H,7-14,27-30H2,1-6H3,(H,67,68)/b40-31+. The van der Waals surface area contributed by atoms with Crippen molar-refractivity contribution in [2.75, 3.05) is 31.3 Å². The first-order valence-electron chi connectivity index (χ1n) is 26.4. The van der Waals surface area contributed by atoms with Gasteiger partial charge in [0.2, 0.25) is 0 Å². The Morgan fingerprint density at radius 2 is 1.11 bits per heavy atom. The highest BCUT2D eigenvalue weighted by Gasteiger charge is 2.39. The minimum absolute atomic E-state index is 0.258. The van der Waals surface area contributed by atoms with E-state index >= 15 is 0 Å². The molecule has 0 atom stereocenters. The van der Waals surface area contributed by atoms with Gasteiger partial charge in [-0.25, -0.2) is 4.79 Å². The van der Waals surface area contributed by atoms with Gasteiger partial charge in [0.05, 0.1) is 27.8 Å². The molecular weight excluding hydrogens is 989 g/mol. The van der Waals surface area contributed by atoms with Crippen molar-refractivity contribution in [2.45, 2.75) is 104 Å². The number of nitriles is 1. The number of carboxylic acid groups (broad SMARTS) is 1. The monoisotopic (exact) mass is 1050 g/mol. The maximum Gasteiger partial charge on any atom is 0.346 e. The van der Waals surface area contributed by atoms with E-state index in [1.165, 1.54) is 100 Å². The lowest BCUT2D eigenvalue weighted by atomic mass is 9.82. The number of hydrogen-bond donors (Lipinski definition) is 1. The van der Waals surface area contributed by atoms with Crippen LogP contribution in [-0.2, 0) is 15.6 Å². The predicted octanol–water partition coefficient (Wildman–Crippen LogP) is 18.1. The molecule has 0 radical (unpaired) electrons. The second-order valence-corrected chi connectivity index (χ2v) is 24.1. The van der Waals surface area contributed by atoms with Gasteiger partial charge in [-0.2, -0.15) is 5.26 Å². The Balaban J connectivity index is 0.955. The first kappa shape index (κ1) is 50.3. The van der Waals surface area contributed by atoms with E-state index in [0.717, 1.165) is 101 Å². The van der Waals surface area contributed by atoms with Crippen LogP contribution in [0.1, 0.15) is 120 Å². The Bertz CT molecular complexity index is 3390. The zero-order valence-corrected chi connectivity index (χ0v) is 46.0. The number of rotatable bonds is 19. The third-order valence-electron chi connectivity index (χ3n) is 15.2. The molecule has 1 N–H and O–H groups in total. The Morgan fingerprint density at radius 3 is 1.61 bits per heavy atom. The fraction of sp³-hybridized carbons (Fsp3) is 0.312. The van der Waals surface area contributed by atoms with Gasteiger partial charge in [-0.1, -0.05) is 116 Å². The molecule has 8 aromatic rings. The Labute approximate surface area is 452 Å². The highest BCUT2D eigenvalue weighted by Crippen LogP contribution is 2.57. The number of unbranched alkanes of at least 4 members (excludes halogenated alkanes) is 6. The topological polar surface area (TPSA) is 101 Å². The minimum Gasteiger partial charge on any atom is -0.494 e. The summed E-state index contributed by atoms with van der Waals surface area (Å²) in [4.78, 5) is 17.7. The molecule has 8 nitrogen and oxygen atoms in total. The van der Waals surface area contributed by atoms with Gasteiger partial charge < -0.3 is 29.0 Å². The number of aliphatic carboxylic acids is 1. The normalized spacial score (nSPS) is 14.5. The molecule has 11 rings (SSSR count). The lowest BCUT2D eigenvalue weighted by Gasteiger charge is -2.30. The quantitative estimate of drug-likeness (QED) is 0.0486. The van der Waals surface area contributed by atoms with Crippen molar-refractivity contribution < 1.29 is 28.8 Å². The van der Waals surface area contributed by atoms with Crippen molar-refractivity contribution in [1.29, 1.82) is 5.26 Å². The Hall–Kier alpha value is -6.84. The van der Waals surface area contributed by atoms with Crippen LogP contribution in [0, 0.1) is 11.3 Å². The molecule has 4 heterocycles. The number of carbonyl (C=O) groups is 1. The number of hydrogen-bond acceptors (Lipinski definition) is 10. The molecule has 382 valence electrons. The van der Waals surface area contributed by atoms with E-state index in [2.05, 4.69) is 150 Å². The van der Waals surface area contributed by atoms with E-state index in [4.69, 9.17) is 18.9 Å².